The van der Waals surface area contributed by atoms with E-state index in [2.05, 4.69) is 5.32 Å². The fourth-order valence-electron chi connectivity index (χ4n) is 2.21. The molecule has 0 aromatic heterocycles. The first-order chi connectivity index (χ1) is 9.26. The molecule has 0 amide bonds. The molecule has 118 valence electrons. The van der Waals surface area contributed by atoms with Gasteiger partial charge >= 0.3 is 5.97 Å². The van der Waals surface area contributed by atoms with E-state index in [0.717, 1.165) is 0 Å². The predicted molar refractivity (Wildman–Crippen MR) is 64.6 cm³/mol. The second kappa shape index (κ2) is 6.76. The molecule has 0 saturated carbocycles. The summed E-state index contributed by atoms with van der Waals surface area (Å²) in [6.07, 6.45) is -6.56. The van der Waals surface area contributed by atoms with E-state index < -0.39 is 55.2 Å². The van der Waals surface area contributed by atoms with Gasteiger partial charge in [0.15, 0.2) is 0 Å². The summed E-state index contributed by atoms with van der Waals surface area (Å²) in [5.41, 5.74) is 0. The number of carboxylic acids is 1. The molecule has 0 bridgehead atoms. The number of aliphatic hydroxyl groups excluding tert-OH is 4. The zero-order chi connectivity index (χ0) is 15.5. The van der Waals surface area contributed by atoms with Crippen LogP contribution in [0.25, 0.3) is 0 Å². The van der Waals surface area contributed by atoms with Crippen LogP contribution in [0, 0.1) is 0 Å². The van der Waals surface area contributed by atoms with Crippen LogP contribution in [0.4, 0.5) is 0 Å². The maximum Gasteiger partial charge on any atom is 0.364 e. The molecule has 1 aliphatic rings. The SMILES string of the molecule is CCN[C@H]1[C@H]([C@H](O)[C@H](O)CO)O[C@@](O)(C(=O)O)C[C@@H]1O. The number of nitrogens with one attached hydrogen (secondary N) is 1. The minimum absolute atomic E-state index is 0.384. The van der Waals surface area contributed by atoms with Gasteiger partial charge < -0.3 is 40.7 Å². The van der Waals surface area contributed by atoms with E-state index in [0.29, 0.717) is 6.54 Å². The number of aliphatic hydroxyl groups is 5. The second-order valence-electron chi connectivity index (χ2n) is 4.77. The summed E-state index contributed by atoms with van der Waals surface area (Å²) in [5, 5.41) is 59.6. The normalized spacial score (nSPS) is 37.4. The smallest absolute Gasteiger partial charge is 0.364 e. The van der Waals surface area contributed by atoms with Gasteiger partial charge in [-0.1, -0.05) is 6.92 Å². The number of hydrogen-bond donors (Lipinski definition) is 7. The van der Waals surface area contributed by atoms with Crippen LogP contribution in [0.2, 0.25) is 0 Å². The molecule has 20 heavy (non-hydrogen) atoms. The lowest BCUT2D eigenvalue weighted by atomic mass is 9.88. The Kier molecular flexibility index (Phi) is 5.83. The third-order valence-corrected chi connectivity index (χ3v) is 3.28. The molecule has 9 nitrogen and oxygen atoms in total. The summed E-state index contributed by atoms with van der Waals surface area (Å²) in [4.78, 5) is 11.0. The number of rotatable bonds is 6. The number of carbonyl (C=O) groups is 1. The molecule has 0 aromatic carbocycles. The van der Waals surface area contributed by atoms with E-state index in [-0.39, 0.29) is 0 Å². The molecule has 1 saturated heterocycles. The molecule has 0 unspecified atom stereocenters. The summed E-state index contributed by atoms with van der Waals surface area (Å²) in [6.45, 7) is 1.33. The lowest BCUT2D eigenvalue weighted by molar-refractivity contribution is -0.295. The van der Waals surface area contributed by atoms with E-state index >= 15 is 0 Å². The molecular weight excluding hydrogens is 274 g/mol. The molecule has 0 radical (unpaired) electrons. The second-order valence-corrected chi connectivity index (χ2v) is 4.77. The van der Waals surface area contributed by atoms with Gasteiger partial charge in [0.1, 0.15) is 18.3 Å². The van der Waals surface area contributed by atoms with Crippen molar-refractivity contribution in [1.29, 1.82) is 0 Å². The van der Waals surface area contributed by atoms with E-state index in [9.17, 15) is 25.2 Å². The van der Waals surface area contributed by atoms with Gasteiger partial charge in [-0.2, -0.15) is 0 Å². The number of carboxylic acid groups (broad SMARTS) is 1. The average Bonchev–Trinajstić information content (AvgIpc) is 2.39. The van der Waals surface area contributed by atoms with E-state index in [1.807, 2.05) is 0 Å². The lowest BCUT2D eigenvalue weighted by Gasteiger charge is -2.44. The summed E-state index contributed by atoms with van der Waals surface area (Å²) < 4.78 is 4.97. The Hall–Kier alpha value is -0.810. The molecule has 1 heterocycles. The van der Waals surface area contributed by atoms with Gasteiger partial charge in [0.2, 0.25) is 0 Å². The monoisotopic (exact) mass is 295 g/mol. The van der Waals surface area contributed by atoms with Crippen LogP contribution < -0.4 is 5.32 Å². The van der Waals surface area contributed by atoms with Crippen molar-refractivity contribution in [3.8, 4) is 0 Å². The fourth-order valence-corrected chi connectivity index (χ4v) is 2.21. The van der Waals surface area contributed by atoms with Crippen molar-refractivity contribution in [2.45, 2.75) is 49.6 Å². The zero-order valence-electron chi connectivity index (χ0n) is 11.0. The summed E-state index contributed by atoms with van der Waals surface area (Å²) in [7, 11) is 0. The van der Waals surface area contributed by atoms with Crippen molar-refractivity contribution in [2.75, 3.05) is 13.2 Å². The first-order valence-corrected chi connectivity index (χ1v) is 6.28. The Labute approximate surface area is 115 Å². The van der Waals surface area contributed by atoms with Gasteiger partial charge in [-0.3, -0.25) is 0 Å². The van der Waals surface area contributed by atoms with Crippen LogP contribution in [0.5, 0.6) is 0 Å². The molecule has 0 aromatic rings. The highest BCUT2D eigenvalue weighted by Crippen LogP contribution is 2.30. The Morgan fingerprint density at radius 2 is 2.10 bits per heavy atom. The molecule has 1 rings (SSSR count). The lowest BCUT2D eigenvalue weighted by Crippen LogP contribution is -2.66. The first kappa shape index (κ1) is 17.2. The number of ether oxygens (including phenoxy) is 1. The van der Waals surface area contributed by atoms with Crippen LogP contribution in [0.3, 0.4) is 0 Å². The summed E-state index contributed by atoms with van der Waals surface area (Å²) in [6, 6.07) is -0.893. The minimum Gasteiger partial charge on any atom is -0.477 e. The first-order valence-electron chi connectivity index (χ1n) is 6.28. The van der Waals surface area contributed by atoms with Crippen LogP contribution in [-0.4, -0.2) is 86.0 Å². The van der Waals surface area contributed by atoms with Crippen molar-refractivity contribution in [3.63, 3.8) is 0 Å². The van der Waals surface area contributed by atoms with E-state index in [4.69, 9.17) is 14.9 Å². The third-order valence-electron chi connectivity index (χ3n) is 3.28. The Morgan fingerprint density at radius 3 is 2.55 bits per heavy atom. The quantitative estimate of drug-likeness (QED) is 0.265. The van der Waals surface area contributed by atoms with Gasteiger partial charge in [0.25, 0.3) is 5.79 Å². The Bertz CT molecular complexity index is 340. The molecule has 9 heteroatoms. The fraction of sp³-hybridized carbons (Fsp3) is 0.909. The van der Waals surface area contributed by atoms with E-state index in [1.54, 1.807) is 6.92 Å². The zero-order valence-corrected chi connectivity index (χ0v) is 11.0. The van der Waals surface area contributed by atoms with Gasteiger partial charge in [-0.15, -0.1) is 0 Å². The molecule has 1 aliphatic heterocycles. The largest absolute Gasteiger partial charge is 0.477 e. The average molecular weight is 295 g/mol. The molecule has 0 aliphatic carbocycles. The van der Waals surface area contributed by atoms with Crippen LogP contribution >= 0.6 is 0 Å². The van der Waals surface area contributed by atoms with Gasteiger partial charge in [0, 0.05) is 6.42 Å². The highest BCUT2D eigenvalue weighted by atomic mass is 16.7. The van der Waals surface area contributed by atoms with Crippen molar-refractivity contribution < 1.29 is 40.2 Å². The van der Waals surface area contributed by atoms with Crippen molar-refractivity contribution >= 4 is 5.97 Å². The highest BCUT2D eigenvalue weighted by Gasteiger charge is 2.53. The van der Waals surface area contributed by atoms with Crippen molar-refractivity contribution in [2.24, 2.45) is 0 Å². The van der Waals surface area contributed by atoms with Gasteiger partial charge in [-0.05, 0) is 6.54 Å². The molecular formula is C11H21NO8. The topological polar surface area (TPSA) is 160 Å². The van der Waals surface area contributed by atoms with Crippen LogP contribution in [0.1, 0.15) is 13.3 Å². The van der Waals surface area contributed by atoms with Crippen molar-refractivity contribution in [3.05, 3.63) is 0 Å². The summed E-state index contributed by atoms with van der Waals surface area (Å²) >= 11 is 0. The molecule has 1 fully saturated rings. The third kappa shape index (κ3) is 3.44. The summed E-state index contributed by atoms with van der Waals surface area (Å²) in [5.74, 6) is -4.37. The van der Waals surface area contributed by atoms with E-state index in [1.165, 1.54) is 0 Å². The van der Waals surface area contributed by atoms with Crippen LogP contribution in [-0.2, 0) is 9.53 Å². The Balaban J connectivity index is 3.00. The minimum atomic E-state index is -2.66. The number of aliphatic carboxylic acids is 1. The molecule has 6 atom stereocenters. The maximum atomic E-state index is 11.0. The Morgan fingerprint density at radius 1 is 1.50 bits per heavy atom. The highest BCUT2D eigenvalue weighted by molar-refractivity contribution is 5.75. The van der Waals surface area contributed by atoms with Crippen molar-refractivity contribution in [1.82, 2.24) is 5.32 Å². The van der Waals surface area contributed by atoms with Gasteiger partial charge in [-0.25, -0.2) is 4.79 Å². The number of hydrogen-bond acceptors (Lipinski definition) is 8. The van der Waals surface area contributed by atoms with Gasteiger partial charge in [0.05, 0.1) is 18.8 Å². The molecule has 0 spiro atoms. The predicted octanol–water partition coefficient (Wildman–Crippen LogP) is -3.40. The van der Waals surface area contributed by atoms with Crippen LogP contribution in [0.15, 0.2) is 0 Å². The number of likely N-dealkylation sites (N-methyl/N-ethyl adjacent to an activating group) is 1. The maximum absolute atomic E-state index is 11.0. The molecule has 7 N–H and O–H groups in total. The standard InChI is InChI=1S/C11H21NO8/c1-2-12-7-5(14)3-11(19,10(17)18)20-9(7)8(16)6(15)4-13/h5-9,12-16,19H,2-4H2,1H3,(H,17,18)/t5-,6+,7+,8+,9+,11+/m0/s1.